The molecule has 24 heavy (non-hydrogen) atoms. The molecule has 0 saturated carbocycles. The van der Waals surface area contributed by atoms with Crippen molar-refractivity contribution >= 4 is 5.96 Å². The highest BCUT2D eigenvalue weighted by atomic mass is 15.3. The highest BCUT2D eigenvalue weighted by molar-refractivity contribution is 5.79. The molecule has 0 aromatic carbocycles. The first-order valence-electron chi connectivity index (χ1n) is 9.36. The summed E-state index contributed by atoms with van der Waals surface area (Å²) in [7, 11) is 4.28. The topological polar surface area (TPSA) is 57.5 Å². The molecule has 0 bridgehead atoms. The van der Waals surface area contributed by atoms with Crippen LogP contribution in [0.4, 0.5) is 0 Å². The van der Waals surface area contributed by atoms with Crippen molar-refractivity contribution in [2.45, 2.75) is 52.0 Å². The third-order valence-corrected chi connectivity index (χ3v) is 3.79. The van der Waals surface area contributed by atoms with Crippen LogP contribution in [0.2, 0.25) is 0 Å². The first kappa shape index (κ1) is 20.5. The standard InChI is InChI=1S/C18H36N6/c1-4-19-18(21-13-10-16-24-17-11-14-22-24)20-12-8-6-5-7-9-15-23(2)3/h11,14,17H,4-10,12-13,15-16H2,1-3H3,(H2,19,20,21). The zero-order valence-electron chi connectivity index (χ0n) is 15.8. The maximum absolute atomic E-state index is 4.63. The summed E-state index contributed by atoms with van der Waals surface area (Å²) in [5.74, 6) is 0.936. The quantitative estimate of drug-likeness (QED) is 0.330. The van der Waals surface area contributed by atoms with Crippen LogP contribution in [0, 0.1) is 0 Å². The minimum absolute atomic E-state index is 0.819. The minimum atomic E-state index is 0.819. The van der Waals surface area contributed by atoms with Gasteiger partial charge in [-0.15, -0.1) is 0 Å². The van der Waals surface area contributed by atoms with Crippen molar-refractivity contribution < 1.29 is 0 Å². The maximum Gasteiger partial charge on any atom is 0.191 e. The van der Waals surface area contributed by atoms with Crippen LogP contribution in [-0.4, -0.2) is 60.9 Å². The Morgan fingerprint density at radius 3 is 2.58 bits per heavy atom. The van der Waals surface area contributed by atoms with E-state index in [0.29, 0.717) is 0 Å². The SMILES string of the molecule is CCNC(=NCCCn1cccn1)NCCCCCCCN(C)C. The molecule has 0 aliphatic carbocycles. The molecule has 1 heterocycles. The first-order chi connectivity index (χ1) is 11.7. The van der Waals surface area contributed by atoms with Crippen molar-refractivity contribution in [3.05, 3.63) is 18.5 Å². The summed E-state index contributed by atoms with van der Waals surface area (Å²) in [5, 5.41) is 10.9. The predicted octanol–water partition coefficient (Wildman–Crippen LogP) is 2.34. The lowest BCUT2D eigenvalue weighted by molar-refractivity contribution is 0.389. The monoisotopic (exact) mass is 336 g/mol. The second kappa shape index (κ2) is 13.8. The van der Waals surface area contributed by atoms with E-state index in [0.717, 1.165) is 38.6 Å². The van der Waals surface area contributed by atoms with Gasteiger partial charge in [0.15, 0.2) is 5.96 Å². The van der Waals surface area contributed by atoms with Gasteiger partial charge in [0, 0.05) is 38.6 Å². The molecule has 6 heteroatoms. The summed E-state index contributed by atoms with van der Waals surface area (Å²) < 4.78 is 1.95. The molecule has 0 saturated heterocycles. The number of aryl methyl sites for hydroxylation is 1. The van der Waals surface area contributed by atoms with Crippen molar-refractivity contribution in [3.8, 4) is 0 Å². The van der Waals surface area contributed by atoms with Crippen molar-refractivity contribution in [1.82, 2.24) is 25.3 Å². The molecule has 0 atom stereocenters. The Balaban J connectivity index is 2.06. The Morgan fingerprint density at radius 2 is 1.88 bits per heavy atom. The lowest BCUT2D eigenvalue weighted by atomic mass is 10.1. The van der Waals surface area contributed by atoms with E-state index in [1.807, 2.05) is 23.1 Å². The van der Waals surface area contributed by atoms with E-state index < -0.39 is 0 Å². The molecule has 0 amide bonds. The molecule has 0 aliphatic rings. The van der Waals surface area contributed by atoms with Gasteiger partial charge in [-0.2, -0.15) is 5.10 Å². The van der Waals surface area contributed by atoms with E-state index in [1.165, 1.54) is 38.6 Å². The average Bonchev–Trinajstić information content (AvgIpc) is 3.07. The fourth-order valence-corrected chi connectivity index (χ4v) is 2.49. The third-order valence-electron chi connectivity index (χ3n) is 3.79. The van der Waals surface area contributed by atoms with E-state index in [1.54, 1.807) is 0 Å². The molecule has 0 unspecified atom stereocenters. The Bertz CT molecular complexity index is 413. The molecule has 0 fully saturated rings. The Hall–Kier alpha value is -1.56. The molecule has 138 valence electrons. The first-order valence-corrected chi connectivity index (χ1v) is 9.36. The molecular formula is C18H36N6. The van der Waals surface area contributed by atoms with Gasteiger partial charge >= 0.3 is 0 Å². The van der Waals surface area contributed by atoms with E-state index in [4.69, 9.17) is 0 Å². The Morgan fingerprint density at radius 1 is 1.08 bits per heavy atom. The van der Waals surface area contributed by atoms with Crippen LogP contribution in [0.25, 0.3) is 0 Å². The molecule has 6 nitrogen and oxygen atoms in total. The van der Waals surface area contributed by atoms with E-state index in [2.05, 4.69) is 46.6 Å². The number of nitrogens with one attached hydrogen (secondary N) is 2. The molecule has 1 aromatic heterocycles. The van der Waals surface area contributed by atoms with Crippen LogP contribution in [0.3, 0.4) is 0 Å². The molecule has 0 radical (unpaired) electrons. The second-order valence-electron chi connectivity index (χ2n) is 6.38. The van der Waals surface area contributed by atoms with Crippen LogP contribution in [0.15, 0.2) is 23.5 Å². The van der Waals surface area contributed by atoms with E-state index >= 15 is 0 Å². The number of aromatic nitrogens is 2. The van der Waals surface area contributed by atoms with Crippen LogP contribution in [0.5, 0.6) is 0 Å². The zero-order valence-corrected chi connectivity index (χ0v) is 15.8. The molecule has 1 rings (SSSR count). The van der Waals surface area contributed by atoms with E-state index in [-0.39, 0.29) is 0 Å². The van der Waals surface area contributed by atoms with Crippen molar-refractivity contribution in [3.63, 3.8) is 0 Å². The molecule has 0 spiro atoms. The summed E-state index contributed by atoms with van der Waals surface area (Å²) in [6.45, 7) is 6.94. The van der Waals surface area contributed by atoms with Crippen LogP contribution >= 0.6 is 0 Å². The maximum atomic E-state index is 4.63. The van der Waals surface area contributed by atoms with Gasteiger partial charge in [-0.05, 0) is 52.9 Å². The highest BCUT2D eigenvalue weighted by Gasteiger charge is 1.97. The average molecular weight is 337 g/mol. The summed E-state index contributed by atoms with van der Waals surface area (Å²) in [6.07, 6.45) is 11.3. The lowest BCUT2D eigenvalue weighted by Gasteiger charge is -2.11. The van der Waals surface area contributed by atoms with Gasteiger partial charge < -0.3 is 15.5 Å². The summed E-state index contributed by atoms with van der Waals surface area (Å²) >= 11 is 0. The van der Waals surface area contributed by atoms with Crippen molar-refractivity contribution in [1.29, 1.82) is 0 Å². The van der Waals surface area contributed by atoms with Gasteiger partial charge in [0.25, 0.3) is 0 Å². The Labute approximate surface area is 147 Å². The lowest BCUT2D eigenvalue weighted by Crippen LogP contribution is -2.37. The number of rotatable bonds is 13. The fraction of sp³-hybridized carbons (Fsp3) is 0.778. The molecular weight excluding hydrogens is 300 g/mol. The smallest absolute Gasteiger partial charge is 0.191 e. The largest absolute Gasteiger partial charge is 0.357 e. The molecule has 2 N–H and O–H groups in total. The zero-order chi connectivity index (χ0) is 17.5. The van der Waals surface area contributed by atoms with Gasteiger partial charge in [-0.25, -0.2) is 0 Å². The van der Waals surface area contributed by atoms with Gasteiger partial charge in [0.1, 0.15) is 0 Å². The normalized spacial score (nSPS) is 11.9. The predicted molar refractivity (Wildman–Crippen MR) is 102 cm³/mol. The summed E-state index contributed by atoms with van der Waals surface area (Å²) in [4.78, 5) is 6.88. The number of guanidine groups is 1. The summed E-state index contributed by atoms with van der Waals surface area (Å²) in [6, 6.07) is 1.95. The molecule has 0 aliphatic heterocycles. The van der Waals surface area contributed by atoms with Crippen LogP contribution < -0.4 is 10.6 Å². The number of nitrogens with zero attached hydrogens (tertiary/aromatic N) is 4. The molecule has 1 aromatic rings. The highest BCUT2D eigenvalue weighted by Crippen LogP contribution is 2.02. The van der Waals surface area contributed by atoms with Crippen molar-refractivity contribution in [2.75, 3.05) is 40.3 Å². The minimum Gasteiger partial charge on any atom is -0.357 e. The fourth-order valence-electron chi connectivity index (χ4n) is 2.49. The summed E-state index contributed by atoms with van der Waals surface area (Å²) in [5.41, 5.74) is 0. The number of hydrogen-bond acceptors (Lipinski definition) is 3. The van der Waals surface area contributed by atoms with Gasteiger partial charge in [0.05, 0.1) is 0 Å². The number of unbranched alkanes of at least 4 members (excludes halogenated alkanes) is 4. The second-order valence-corrected chi connectivity index (χ2v) is 6.38. The van der Waals surface area contributed by atoms with Gasteiger partial charge in [-0.3, -0.25) is 9.67 Å². The van der Waals surface area contributed by atoms with Gasteiger partial charge in [-0.1, -0.05) is 19.3 Å². The number of hydrogen-bond donors (Lipinski definition) is 2. The van der Waals surface area contributed by atoms with Crippen LogP contribution in [-0.2, 0) is 6.54 Å². The third kappa shape index (κ3) is 11.0. The number of aliphatic imine (C=N–C) groups is 1. The Kier molecular flexibility index (Phi) is 11.8. The van der Waals surface area contributed by atoms with Crippen LogP contribution in [0.1, 0.15) is 45.4 Å². The van der Waals surface area contributed by atoms with Gasteiger partial charge in [0.2, 0.25) is 0 Å². The van der Waals surface area contributed by atoms with Crippen molar-refractivity contribution in [2.24, 2.45) is 4.99 Å². The van der Waals surface area contributed by atoms with E-state index in [9.17, 15) is 0 Å².